The fourth-order valence-corrected chi connectivity index (χ4v) is 1.07. The first kappa shape index (κ1) is 9.21. The minimum absolute atomic E-state index is 0. The molecule has 0 fully saturated rings. The third kappa shape index (κ3) is 1.50. The van der Waals surface area contributed by atoms with Crippen LogP contribution in [0, 0.1) is 0 Å². The Kier molecular flexibility index (Phi) is 2.29. The van der Waals surface area contributed by atoms with Crippen LogP contribution in [0.2, 0.25) is 0 Å². The number of rotatable bonds is 1. The first-order valence-electron chi connectivity index (χ1n) is 3.44. The number of benzene rings is 1. The van der Waals surface area contributed by atoms with E-state index >= 15 is 0 Å². The van der Waals surface area contributed by atoms with Crippen molar-refractivity contribution in [2.45, 2.75) is 0 Å². The van der Waals surface area contributed by atoms with Gasteiger partial charge in [-0.25, -0.2) is 9.78 Å². The van der Waals surface area contributed by atoms with Crippen LogP contribution >= 0.6 is 0 Å². The predicted molar refractivity (Wildman–Crippen MR) is 46.7 cm³/mol. The van der Waals surface area contributed by atoms with Crippen molar-refractivity contribution < 1.29 is 15.4 Å². The van der Waals surface area contributed by atoms with Gasteiger partial charge in [-0.15, -0.1) is 0 Å². The monoisotopic (exact) mass is 180 g/mol. The standard InChI is InChI=1S/C8H6N2O2.H2O/c11-8(12)5-1-2-6-7(3-5)10-4-9-6;/h1-4H,(H,9,10)(H,11,12);1H2. The number of aromatic amines is 1. The summed E-state index contributed by atoms with van der Waals surface area (Å²) in [5.41, 5.74) is 1.79. The van der Waals surface area contributed by atoms with Gasteiger partial charge in [0.25, 0.3) is 0 Å². The molecule has 1 aromatic heterocycles. The first-order valence-corrected chi connectivity index (χ1v) is 3.44. The number of fused-ring (bicyclic) bond motifs is 1. The van der Waals surface area contributed by atoms with Crippen molar-refractivity contribution in [3.63, 3.8) is 0 Å². The lowest BCUT2D eigenvalue weighted by Crippen LogP contribution is -1.94. The molecule has 0 aliphatic heterocycles. The molecule has 0 saturated carbocycles. The maximum absolute atomic E-state index is 10.5. The normalized spacial score (nSPS) is 9.54. The Bertz CT molecular complexity index is 436. The molecule has 5 heteroatoms. The zero-order valence-corrected chi connectivity index (χ0v) is 6.61. The average molecular weight is 180 g/mol. The molecule has 0 amide bonds. The Morgan fingerprint density at radius 2 is 2.23 bits per heavy atom. The van der Waals surface area contributed by atoms with E-state index < -0.39 is 5.97 Å². The summed E-state index contributed by atoms with van der Waals surface area (Å²) in [5.74, 6) is -0.925. The van der Waals surface area contributed by atoms with Crippen LogP contribution in [0.1, 0.15) is 10.4 Å². The van der Waals surface area contributed by atoms with Crippen molar-refractivity contribution in [1.29, 1.82) is 0 Å². The number of H-pyrrole nitrogens is 1. The molecular formula is C8H8N2O3. The van der Waals surface area contributed by atoms with E-state index in [4.69, 9.17) is 5.11 Å². The zero-order chi connectivity index (χ0) is 8.55. The lowest BCUT2D eigenvalue weighted by molar-refractivity contribution is 0.0697. The summed E-state index contributed by atoms with van der Waals surface area (Å²) in [4.78, 5) is 17.3. The lowest BCUT2D eigenvalue weighted by atomic mass is 10.2. The first-order chi connectivity index (χ1) is 5.77. The van der Waals surface area contributed by atoms with Crippen molar-refractivity contribution in [3.05, 3.63) is 30.1 Å². The van der Waals surface area contributed by atoms with Gasteiger partial charge in [-0.3, -0.25) is 0 Å². The third-order valence-corrected chi connectivity index (χ3v) is 1.67. The number of aromatic carboxylic acids is 1. The van der Waals surface area contributed by atoms with Crippen LogP contribution in [0.3, 0.4) is 0 Å². The largest absolute Gasteiger partial charge is 0.478 e. The molecule has 0 atom stereocenters. The Morgan fingerprint density at radius 1 is 1.46 bits per heavy atom. The maximum atomic E-state index is 10.5. The van der Waals surface area contributed by atoms with Gasteiger partial charge in [0, 0.05) is 0 Å². The van der Waals surface area contributed by atoms with E-state index in [0.717, 1.165) is 11.0 Å². The molecule has 0 bridgehead atoms. The van der Waals surface area contributed by atoms with Crippen molar-refractivity contribution in [2.75, 3.05) is 0 Å². The smallest absolute Gasteiger partial charge is 0.335 e. The Morgan fingerprint density at radius 3 is 2.92 bits per heavy atom. The van der Waals surface area contributed by atoms with Gasteiger partial charge in [-0.05, 0) is 18.2 Å². The van der Waals surface area contributed by atoms with Gasteiger partial charge in [-0.1, -0.05) is 0 Å². The van der Waals surface area contributed by atoms with Crippen LogP contribution in [-0.2, 0) is 0 Å². The van der Waals surface area contributed by atoms with Gasteiger partial charge in [0.05, 0.1) is 22.9 Å². The molecule has 0 spiro atoms. The Balaban J connectivity index is 0.000000845. The highest BCUT2D eigenvalue weighted by atomic mass is 16.4. The highest BCUT2D eigenvalue weighted by Crippen LogP contribution is 2.10. The van der Waals surface area contributed by atoms with Gasteiger partial charge in [0.1, 0.15) is 0 Å². The van der Waals surface area contributed by atoms with E-state index in [9.17, 15) is 4.79 Å². The number of imidazole rings is 1. The number of carbonyl (C=O) groups is 1. The SMILES string of the molecule is O.O=C(O)c1ccc2nc[nH]c2c1. The van der Waals surface area contributed by atoms with Crippen molar-refractivity contribution >= 4 is 17.0 Å². The van der Waals surface area contributed by atoms with Gasteiger partial charge in [0.15, 0.2) is 0 Å². The Labute approximate surface area is 73.3 Å². The molecule has 0 saturated heterocycles. The van der Waals surface area contributed by atoms with E-state index in [1.165, 1.54) is 12.4 Å². The maximum Gasteiger partial charge on any atom is 0.335 e. The Hall–Kier alpha value is -1.88. The molecule has 2 aromatic rings. The molecular weight excluding hydrogens is 172 g/mol. The second kappa shape index (κ2) is 3.24. The fraction of sp³-hybridized carbons (Fsp3) is 0. The van der Waals surface area contributed by atoms with Crippen LogP contribution in [-0.4, -0.2) is 26.5 Å². The lowest BCUT2D eigenvalue weighted by Gasteiger charge is -1.92. The minimum atomic E-state index is -0.925. The van der Waals surface area contributed by atoms with Crippen LogP contribution in [0.5, 0.6) is 0 Å². The molecule has 13 heavy (non-hydrogen) atoms. The number of carboxylic acids is 1. The number of hydrogen-bond donors (Lipinski definition) is 2. The summed E-state index contributed by atoms with van der Waals surface area (Å²) >= 11 is 0. The fourth-order valence-electron chi connectivity index (χ4n) is 1.07. The third-order valence-electron chi connectivity index (χ3n) is 1.67. The van der Waals surface area contributed by atoms with Crippen LogP contribution in [0.25, 0.3) is 11.0 Å². The second-order valence-corrected chi connectivity index (χ2v) is 2.44. The van der Waals surface area contributed by atoms with Gasteiger partial charge >= 0.3 is 5.97 Å². The van der Waals surface area contributed by atoms with E-state index in [0.29, 0.717) is 0 Å². The van der Waals surface area contributed by atoms with Gasteiger partial charge in [0.2, 0.25) is 0 Å². The van der Waals surface area contributed by atoms with Gasteiger partial charge in [-0.2, -0.15) is 0 Å². The molecule has 2 rings (SSSR count). The number of aromatic nitrogens is 2. The van der Waals surface area contributed by atoms with Gasteiger partial charge < -0.3 is 15.6 Å². The molecule has 4 N–H and O–H groups in total. The van der Waals surface area contributed by atoms with Crippen LogP contribution in [0.15, 0.2) is 24.5 Å². The summed E-state index contributed by atoms with van der Waals surface area (Å²) < 4.78 is 0. The minimum Gasteiger partial charge on any atom is -0.478 e. The number of nitrogens with one attached hydrogen (secondary N) is 1. The number of carboxylic acid groups (broad SMARTS) is 1. The molecule has 0 unspecified atom stereocenters. The molecule has 1 aromatic carbocycles. The van der Waals surface area contributed by atoms with E-state index in [1.54, 1.807) is 12.1 Å². The van der Waals surface area contributed by atoms with E-state index in [1.807, 2.05) is 0 Å². The number of nitrogens with zero attached hydrogens (tertiary/aromatic N) is 1. The molecule has 1 heterocycles. The topological polar surface area (TPSA) is 97.5 Å². The quantitative estimate of drug-likeness (QED) is 0.666. The van der Waals surface area contributed by atoms with Crippen LogP contribution in [0.4, 0.5) is 0 Å². The highest BCUT2D eigenvalue weighted by molar-refractivity contribution is 5.92. The summed E-state index contributed by atoms with van der Waals surface area (Å²) in [6.07, 6.45) is 1.54. The number of hydrogen-bond acceptors (Lipinski definition) is 2. The molecule has 5 nitrogen and oxygen atoms in total. The predicted octanol–water partition coefficient (Wildman–Crippen LogP) is 0.436. The van der Waals surface area contributed by atoms with E-state index in [2.05, 4.69) is 9.97 Å². The highest BCUT2D eigenvalue weighted by Gasteiger charge is 2.03. The molecule has 0 aliphatic rings. The summed E-state index contributed by atoms with van der Waals surface area (Å²) in [5, 5.41) is 8.65. The zero-order valence-electron chi connectivity index (χ0n) is 6.61. The van der Waals surface area contributed by atoms with E-state index in [-0.39, 0.29) is 11.0 Å². The van der Waals surface area contributed by atoms with Crippen LogP contribution < -0.4 is 0 Å². The molecule has 68 valence electrons. The van der Waals surface area contributed by atoms with Crippen molar-refractivity contribution in [3.8, 4) is 0 Å². The summed E-state index contributed by atoms with van der Waals surface area (Å²) in [6.45, 7) is 0. The second-order valence-electron chi connectivity index (χ2n) is 2.44. The summed E-state index contributed by atoms with van der Waals surface area (Å²) in [7, 11) is 0. The molecule has 0 radical (unpaired) electrons. The molecule has 0 aliphatic carbocycles. The van der Waals surface area contributed by atoms with Crippen molar-refractivity contribution in [2.24, 2.45) is 0 Å². The summed E-state index contributed by atoms with van der Waals surface area (Å²) in [6, 6.07) is 4.77. The average Bonchev–Trinajstić information content (AvgIpc) is 2.49. The van der Waals surface area contributed by atoms with Crippen molar-refractivity contribution in [1.82, 2.24) is 9.97 Å².